The highest BCUT2D eigenvalue weighted by Gasteiger charge is 2.35. The van der Waals surface area contributed by atoms with Crippen LogP contribution in [0.3, 0.4) is 0 Å². The van der Waals surface area contributed by atoms with E-state index >= 15 is 0 Å². The van der Waals surface area contributed by atoms with Crippen molar-refractivity contribution in [2.45, 2.75) is 25.0 Å². The third-order valence-corrected chi connectivity index (χ3v) is 6.43. The van der Waals surface area contributed by atoms with E-state index in [1.165, 1.54) is 17.4 Å². The summed E-state index contributed by atoms with van der Waals surface area (Å²) in [6.45, 7) is 5.50. The maximum absolute atomic E-state index is 12.5. The lowest BCUT2D eigenvalue weighted by Gasteiger charge is -2.36. The highest BCUT2D eigenvalue weighted by atomic mass is 32.2. The summed E-state index contributed by atoms with van der Waals surface area (Å²) in [6, 6.07) is 10.3. The van der Waals surface area contributed by atoms with Gasteiger partial charge in [-0.2, -0.15) is 0 Å². The monoisotopic (exact) mass is 377 g/mol. The number of amides is 2. The first-order valence-electron chi connectivity index (χ1n) is 8.70. The number of para-hydroxylation sites is 1. The molecule has 0 aliphatic carbocycles. The molecule has 134 valence electrons. The molecule has 0 unspecified atom stereocenters. The number of anilines is 1. The van der Waals surface area contributed by atoms with Crippen molar-refractivity contribution in [1.29, 1.82) is 0 Å². The molecule has 0 spiro atoms. The molecule has 25 heavy (non-hydrogen) atoms. The number of benzene rings is 1. The van der Waals surface area contributed by atoms with Gasteiger partial charge < -0.3 is 9.80 Å². The summed E-state index contributed by atoms with van der Waals surface area (Å²) in [6.07, 6.45) is 1.11. The van der Waals surface area contributed by atoms with E-state index in [4.69, 9.17) is 12.2 Å². The van der Waals surface area contributed by atoms with Gasteiger partial charge in [0.2, 0.25) is 11.8 Å². The van der Waals surface area contributed by atoms with E-state index in [2.05, 4.69) is 17.0 Å². The molecule has 1 atom stereocenters. The van der Waals surface area contributed by atoms with Gasteiger partial charge in [0, 0.05) is 44.8 Å². The lowest BCUT2D eigenvalue weighted by molar-refractivity contribution is -0.132. The van der Waals surface area contributed by atoms with E-state index in [1.807, 2.05) is 30.0 Å². The Morgan fingerprint density at radius 1 is 1.20 bits per heavy atom. The van der Waals surface area contributed by atoms with Crippen molar-refractivity contribution in [3.05, 3.63) is 30.3 Å². The van der Waals surface area contributed by atoms with Gasteiger partial charge in [-0.1, -0.05) is 49.1 Å². The van der Waals surface area contributed by atoms with Crippen molar-refractivity contribution in [3.8, 4) is 0 Å². The van der Waals surface area contributed by atoms with Gasteiger partial charge in [0.15, 0.2) is 0 Å². The fourth-order valence-corrected chi connectivity index (χ4v) is 4.65. The second-order valence-electron chi connectivity index (χ2n) is 6.22. The number of thiocarbonyl (C=S) groups is 1. The molecule has 0 N–H and O–H groups in total. The number of rotatable bonds is 5. The fraction of sp³-hybridized carbons (Fsp3) is 0.500. The largest absolute Gasteiger partial charge is 0.368 e. The summed E-state index contributed by atoms with van der Waals surface area (Å²) in [7, 11) is 0. The van der Waals surface area contributed by atoms with Crippen LogP contribution in [0, 0.1) is 0 Å². The molecule has 0 saturated carbocycles. The van der Waals surface area contributed by atoms with Crippen LogP contribution in [0.15, 0.2) is 30.3 Å². The van der Waals surface area contributed by atoms with Crippen molar-refractivity contribution in [1.82, 2.24) is 9.80 Å². The molecule has 3 rings (SSSR count). The Hall–Kier alpha value is -1.60. The van der Waals surface area contributed by atoms with Crippen molar-refractivity contribution in [2.75, 3.05) is 37.6 Å². The summed E-state index contributed by atoms with van der Waals surface area (Å²) >= 11 is 6.72. The maximum Gasteiger partial charge on any atom is 0.241 e. The fourth-order valence-electron chi connectivity index (χ4n) is 3.18. The Labute approximate surface area is 158 Å². The van der Waals surface area contributed by atoms with E-state index in [0.29, 0.717) is 17.3 Å². The molecule has 2 fully saturated rings. The van der Waals surface area contributed by atoms with Crippen LogP contribution in [0.25, 0.3) is 0 Å². The Bertz CT molecular complexity index is 645. The van der Waals surface area contributed by atoms with Crippen molar-refractivity contribution in [2.24, 2.45) is 0 Å². The van der Waals surface area contributed by atoms with Crippen LogP contribution in [0.2, 0.25) is 0 Å². The minimum Gasteiger partial charge on any atom is -0.368 e. The summed E-state index contributed by atoms with van der Waals surface area (Å²) in [4.78, 5) is 30.5. The summed E-state index contributed by atoms with van der Waals surface area (Å²) in [5, 5.41) is -0.0722. The van der Waals surface area contributed by atoms with Gasteiger partial charge >= 0.3 is 0 Å². The topological polar surface area (TPSA) is 43.9 Å². The number of thioether (sulfide) groups is 1. The van der Waals surface area contributed by atoms with Crippen LogP contribution in [0.1, 0.15) is 19.8 Å². The molecule has 5 nitrogen and oxygen atoms in total. The van der Waals surface area contributed by atoms with Crippen molar-refractivity contribution in [3.63, 3.8) is 0 Å². The predicted octanol–water partition coefficient (Wildman–Crippen LogP) is 2.36. The van der Waals surface area contributed by atoms with Crippen molar-refractivity contribution >= 4 is 45.8 Å². The van der Waals surface area contributed by atoms with E-state index in [0.717, 1.165) is 32.6 Å². The third kappa shape index (κ3) is 4.15. The smallest absolute Gasteiger partial charge is 0.241 e. The average molecular weight is 378 g/mol. The average Bonchev–Trinajstić information content (AvgIpc) is 2.94. The molecule has 0 bridgehead atoms. The normalized spacial score (nSPS) is 21.2. The third-order valence-electron chi connectivity index (χ3n) is 4.68. The van der Waals surface area contributed by atoms with Gasteiger partial charge in [0.1, 0.15) is 4.32 Å². The second kappa shape index (κ2) is 8.19. The van der Waals surface area contributed by atoms with Gasteiger partial charge in [0.05, 0.1) is 5.25 Å². The highest BCUT2D eigenvalue weighted by Crippen LogP contribution is 2.29. The number of carbonyl (C=O) groups is 2. The quantitative estimate of drug-likeness (QED) is 0.737. The Morgan fingerprint density at radius 3 is 2.48 bits per heavy atom. The van der Waals surface area contributed by atoms with Gasteiger partial charge in [-0.25, -0.2) is 0 Å². The van der Waals surface area contributed by atoms with Crippen LogP contribution >= 0.6 is 24.0 Å². The van der Waals surface area contributed by atoms with Crippen LogP contribution in [-0.4, -0.2) is 63.9 Å². The molecule has 7 heteroatoms. The minimum absolute atomic E-state index is 0.0548. The summed E-state index contributed by atoms with van der Waals surface area (Å²) in [5.74, 6) is 0.160. The molecule has 2 heterocycles. The molecular weight excluding hydrogens is 354 g/mol. The van der Waals surface area contributed by atoms with Crippen LogP contribution in [0.4, 0.5) is 5.69 Å². The Kier molecular flexibility index (Phi) is 5.96. The van der Waals surface area contributed by atoms with E-state index in [-0.39, 0.29) is 17.1 Å². The van der Waals surface area contributed by atoms with Gasteiger partial charge in [-0.05, 0) is 18.6 Å². The van der Waals surface area contributed by atoms with Crippen LogP contribution in [0.5, 0.6) is 0 Å². The second-order valence-corrected chi connectivity index (χ2v) is 8.06. The lowest BCUT2D eigenvalue weighted by atomic mass is 10.2. The first-order chi connectivity index (χ1) is 12.1. The predicted molar refractivity (Wildman–Crippen MR) is 106 cm³/mol. The first-order valence-corrected chi connectivity index (χ1v) is 9.98. The number of piperazine rings is 1. The van der Waals surface area contributed by atoms with Crippen LogP contribution in [-0.2, 0) is 9.59 Å². The Balaban J connectivity index is 1.47. The first kappa shape index (κ1) is 18.2. The molecule has 2 aliphatic heterocycles. The molecular formula is C18H23N3O2S2. The summed E-state index contributed by atoms with van der Waals surface area (Å²) < 4.78 is 0.610. The van der Waals surface area contributed by atoms with Gasteiger partial charge in [-0.3, -0.25) is 14.5 Å². The van der Waals surface area contributed by atoms with E-state index < -0.39 is 0 Å². The number of hydrogen-bond donors (Lipinski definition) is 0. The standard InChI is InChI=1S/C18H23N3O2S2/c1-2-15-17(23)21(18(24)25-15)9-8-16(22)20-12-10-19(11-13-20)14-6-4-3-5-7-14/h3-7,15H,2,8-13H2,1H3/t15-/m0/s1. The van der Waals surface area contributed by atoms with Gasteiger partial charge in [0.25, 0.3) is 0 Å². The van der Waals surface area contributed by atoms with Gasteiger partial charge in [-0.15, -0.1) is 0 Å². The molecule has 2 saturated heterocycles. The highest BCUT2D eigenvalue weighted by molar-refractivity contribution is 8.24. The Morgan fingerprint density at radius 2 is 1.88 bits per heavy atom. The molecule has 1 aromatic carbocycles. The zero-order chi connectivity index (χ0) is 17.8. The van der Waals surface area contributed by atoms with Crippen molar-refractivity contribution < 1.29 is 9.59 Å². The SMILES string of the molecule is CC[C@@H]1SC(=S)N(CCC(=O)N2CCN(c3ccccc3)CC2)C1=O. The van der Waals surface area contributed by atoms with E-state index in [9.17, 15) is 9.59 Å². The molecule has 2 aliphatic rings. The zero-order valence-corrected chi connectivity index (χ0v) is 16.0. The summed E-state index contributed by atoms with van der Waals surface area (Å²) in [5.41, 5.74) is 1.20. The lowest BCUT2D eigenvalue weighted by Crippen LogP contribution is -2.49. The molecule has 2 amide bonds. The maximum atomic E-state index is 12.5. The zero-order valence-electron chi connectivity index (χ0n) is 14.4. The van der Waals surface area contributed by atoms with E-state index in [1.54, 1.807) is 4.90 Å². The molecule has 0 aromatic heterocycles. The number of nitrogens with zero attached hydrogens (tertiary/aromatic N) is 3. The van der Waals surface area contributed by atoms with Crippen LogP contribution < -0.4 is 4.90 Å². The number of hydrogen-bond acceptors (Lipinski definition) is 5. The molecule has 0 radical (unpaired) electrons. The minimum atomic E-state index is -0.0722. The molecule has 1 aromatic rings. The number of carbonyl (C=O) groups excluding carboxylic acids is 2.